The van der Waals surface area contributed by atoms with Gasteiger partial charge in [-0.2, -0.15) is 0 Å². The van der Waals surface area contributed by atoms with E-state index in [2.05, 4.69) is 13.8 Å². The lowest BCUT2D eigenvalue weighted by Gasteiger charge is -2.33. The molecule has 0 radical (unpaired) electrons. The average Bonchev–Trinajstić information content (AvgIpc) is 2.16. The van der Waals surface area contributed by atoms with Crippen molar-refractivity contribution >= 4 is 0 Å². The van der Waals surface area contributed by atoms with Gasteiger partial charge >= 0.3 is 0 Å². The highest BCUT2D eigenvalue weighted by Crippen LogP contribution is 2.26. The molecule has 0 aliphatic carbocycles. The monoisotopic (exact) mass is 232 g/mol. The SMILES string of the molecule is CC(C)[C@H](CO)CC[C@](C)(O)[C@@H](O)C(C)C. The topological polar surface area (TPSA) is 60.7 Å². The summed E-state index contributed by atoms with van der Waals surface area (Å²) in [4.78, 5) is 0. The third kappa shape index (κ3) is 4.81. The van der Waals surface area contributed by atoms with Gasteiger partial charge in [0, 0.05) is 6.61 Å². The first-order valence-electron chi connectivity index (χ1n) is 6.23. The second kappa shape index (κ2) is 6.58. The standard InChI is InChI=1S/C13H28O3/c1-9(2)11(8-14)6-7-13(5,16)12(15)10(3)4/h9-12,14-16H,6-8H2,1-5H3/t11-,12-,13-/m0/s1. The predicted octanol–water partition coefficient (Wildman–Crippen LogP) is 1.80. The molecule has 0 aromatic carbocycles. The van der Waals surface area contributed by atoms with Crippen molar-refractivity contribution in [1.82, 2.24) is 0 Å². The Morgan fingerprint density at radius 3 is 1.88 bits per heavy atom. The van der Waals surface area contributed by atoms with E-state index in [1.807, 2.05) is 13.8 Å². The molecule has 0 aromatic heterocycles. The molecule has 0 aliphatic heterocycles. The predicted molar refractivity (Wildman–Crippen MR) is 66.1 cm³/mol. The van der Waals surface area contributed by atoms with Crippen molar-refractivity contribution in [2.24, 2.45) is 17.8 Å². The maximum atomic E-state index is 10.1. The molecule has 0 fully saturated rings. The summed E-state index contributed by atoms with van der Waals surface area (Å²) in [6, 6.07) is 0. The fraction of sp³-hybridized carbons (Fsp3) is 1.00. The van der Waals surface area contributed by atoms with Crippen molar-refractivity contribution in [3.8, 4) is 0 Å². The van der Waals surface area contributed by atoms with Gasteiger partial charge in [-0.1, -0.05) is 27.7 Å². The van der Waals surface area contributed by atoms with E-state index < -0.39 is 11.7 Å². The van der Waals surface area contributed by atoms with Crippen molar-refractivity contribution < 1.29 is 15.3 Å². The van der Waals surface area contributed by atoms with Gasteiger partial charge in [-0.3, -0.25) is 0 Å². The van der Waals surface area contributed by atoms with Crippen LogP contribution in [0.5, 0.6) is 0 Å². The fourth-order valence-corrected chi connectivity index (χ4v) is 1.98. The Morgan fingerprint density at radius 1 is 1.06 bits per heavy atom. The first-order valence-corrected chi connectivity index (χ1v) is 6.23. The highest BCUT2D eigenvalue weighted by molar-refractivity contribution is 4.84. The van der Waals surface area contributed by atoms with E-state index in [1.165, 1.54) is 0 Å². The molecule has 0 unspecified atom stereocenters. The van der Waals surface area contributed by atoms with Crippen LogP contribution >= 0.6 is 0 Å². The Labute approximate surface area is 99.5 Å². The lowest BCUT2D eigenvalue weighted by Crippen LogP contribution is -2.43. The number of aliphatic hydroxyl groups is 3. The summed E-state index contributed by atoms with van der Waals surface area (Å²) >= 11 is 0. The number of rotatable bonds is 7. The third-order valence-corrected chi connectivity index (χ3v) is 3.47. The van der Waals surface area contributed by atoms with Crippen LogP contribution in [0, 0.1) is 17.8 Å². The van der Waals surface area contributed by atoms with Crippen molar-refractivity contribution in [3.63, 3.8) is 0 Å². The largest absolute Gasteiger partial charge is 0.396 e. The Morgan fingerprint density at radius 2 is 1.56 bits per heavy atom. The second-order valence-corrected chi connectivity index (χ2v) is 5.77. The molecule has 0 spiro atoms. The normalized spacial score (nSPS) is 19.9. The molecule has 16 heavy (non-hydrogen) atoms. The summed E-state index contributed by atoms with van der Waals surface area (Å²) in [7, 11) is 0. The molecule has 3 N–H and O–H groups in total. The molecule has 3 nitrogen and oxygen atoms in total. The molecular formula is C13H28O3. The maximum absolute atomic E-state index is 10.1. The van der Waals surface area contributed by atoms with Crippen LogP contribution in [0.3, 0.4) is 0 Å². The molecule has 3 heteroatoms. The third-order valence-electron chi connectivity index (χ3n) is 3.47. The summed E-state index contributed by atoms with van der Waals surface area (Å²) in [5.74, 6) is 0.643. The summed E-state index contributed by atoms with van der Waals surface area (Å²) in [5, 5.41) is 29.2. The highest BCUT2D eigenvalue weighted by atomic mass is 16.3. The van der Waals surface area contributed by atoms with Crippen molar-refractivity contribution in [2.45, 2.75) is 59.2 Å². The van der Waals surface area contributed by atoms with Gasteiger partial charge in [0.25, 0.3) is 0 Å². The molecule has 0 bridgehead atoms. The minimum Gasteiger partial charge on any atom is -0.396 e. The van der Waals surface area contributed by atoms with Gasteiger partial charge in [0.1, 0.15) is 0 Å². The Hall–Kier alpha value is -0.120. The van der Waals surface area contributed by atoms with Crippen LogP contribution in [0.15, 0.2) is 0 Å². The quantitative estimate of drug-likeness (QED) is 0.627. The van der Waals surface area contributed by atoms with Crippen LogP contribution in [-0.2, 0) is 0 Å². The summed E-state index contributed by atoms with van der Waals surface area (Å²) in [6.07, 6.45) is 0.555. The van der Waals surface area contributed by atoms with E-state index in [0.717, 1.165) is 6.42 Å². The Bertz CT molecular complexity index is 188. The molecule has 0 rings (SSSR count). The zero-order valence-electron chi connectivity index (χ0n) is 11.3. The molecule has 98 valence electrons. The van der Waals surface area contributed by atoms with Crippen LogP contribution in [0.1, 0.15) is 47.5 Å². The van der Waals surface area contributed by atoms with Gasteiger partial charge in [0.2, 0.25) is 0 Å². The zero-order chi connectivity index (χ0) is 12.9. The molecule has 0 aliphatic rings. The van der Waals surface area contributed by atoms with Gasteiger partial charge in [-0.15, -0.1) is 0 Å². The maximum Gasteiger partial charge on any atom is 0.0880 e. The van der Waals surface area contributed by atoms with Crippen molar-refractivity contribution in [3.05, 3.63) is 0 Å². The number of aliphatic hydroxyl groups excluding tert-OH is 2. The lowest BCUT2D eigenvalue weighted by molar-refractivity contribution is -0.0911. The summed E-state index contributed by atoms with van der Waals surface area (Å²) in [6.45, 7) is 9.73. The van der Waals surface area contributed by atoms with Crippen LogP contribution in [0.2, 0.25) is 0 Å². The van der Waals surface area contributed by atoms with Crippen LogP contribution in [0.4, 0.5) is 0 Å². The minimum absolute atomic E-state index is 0.0432. The second-order valence-electron chi connectivity index (χ2n) is 5.77. The molecule has 0 aromatic rings. The minimum atomic E-state index is -1.06. The fourth-order valence-electron chi connectivity index (χ4n) is 1.98. The van der Waals surface area contributed by atoms with Crippen LogP contribution < -0.4 is 0 Å². The molecule has 0 amide bonds. The Kier molecular flexibility index (Phi) is 6.53. The average molecular weight is 232 g/mol. The van der Waals surface area contributed by atoms with Gasteiger partial charge in [0.05, 0.1) is 11.7 Å². The van der Waals surface area contributed by atoms with E-state index in [1.54, 1.807) is 6.92 Å². The summed E-state index contributed by atoms with van der Waals surface area (Å²) in [5.41, 5.74) is -1.06. The molecule has 0 saturated heterocycles. The lowest BCUT2D eigenvalue weighted by atomic mass is 9.82. The van der Waals surface area contributed by atoms with E-state index in [4.69, 9.17) is 0 Å². The van der Waals surface area contributed by atoms with E-state index in [-0.39, 0.29) is 18.4 Å². The summed E-state index contributed by atoms with van der Waals surface area (Å²) < 4.78 is 0. The van der Waals surface area contributed by atoms with Gasteiger partial charge in [0.15, 0.2) is 0 Å². The molecule has 3 atom stereocenters. The van der Waals surface area contributed by atoms with Crippen LogP contribution in [-0.4, -0.2) is 33.6 Å². The van der Waals surface area contributed by atoms with Gasteiger partial charge in [-0.25, -0.2) is 0 Å². The number of hydrogen-bond acceptors (Lipinski definition) is 3. The highest BCUT2D eigenvalue weighted by Gasteiger charge is 2.33. The smallest absolute Gasteiger partial charge is 0.0880 e. The van der Waals surface area contributed by atoms with Gasteiger partial charge in [-0.05, 0) is 37.5 Å². The van der Waals surface area contributed by atoms with Gasteiger partial charge < -0.3 is 15.3 Å². The molecule has 0 saturated carbocycles. The van der Waals surface area contributed by atoms with Crippen LogP contribution in [0.25, 0.3) is 0 Å². The zero-order valence-corrected chi connectivity index (χ0v) is 11.3. The first-order chi connectivity index (χ1) is 7.22. The Balaban J connectivity index is 4.26. The van der Waals surface area contributed by atoms with Crippen molar-refractivity contribution in [1.29, 1.82) is 0 Å². The molecule has 0 heterocycles. The molecular weight excluding hydrogens is 204 g/mol. The van der Waals surface area contributed by atoms with E-state index in [9.17, 15) is 15.3 Å². The van der Waals surface area contributed by atoms with Crippen molar-refractivity contribution in [2.75, 3.05) is 6.61 Å². The van der Waals surface area contributed by atoms with E-state index >= 15 is 0 Å². The van der Waals surface area contributed by atoms with E-state index in [0.29, 0.717) is 12.3 Å². The number of hydrogen-bond donors (Lipinski definition) is 3. The first kappa shape index (κ1) is 15.9.